The SMILES string of the molecule is Cc1ccc(-c2noc(CCCCl)n2)cc1F. The summed E-state index contributed by atoms with van der Waals surface area (Å²) >= 11 is 5.57. The second kappa shape index (κ2) is 5.27. The zero-order valence-electron chi connectivity index (χ0n) is 9.41. The van der Waals surface area contributed by atoms with Gasteiger partial charge in [0.2, 0.25) is 11.7 Å². The van der Waals surface area contributed by atoms with Gasteiger partial charge in [0.1, 0.15) is 5.82 Å². The Bertz CT molecular complexity index is 513. The van der Waals surface area contributed by atoms with Crippen molar-refractivity contribution in [3.05, 3.63) is 35.5 Å². The van der Waals surface area contributed by atoms with Gasteiger partial charge in [-0.1, -0.05) is 17.3 Å². The normalized spacial score (nSPS) is 10.8. The van der Waals surface area contributed by atoms with E-state index in [9.17, 15) is 4.39 Å². The highest BCUT2D eigenvalue weighted by atomic mass is 35.5. The maximum atomic E-state index is 13.4. The van der Waals surface area contributed by atoms with Crippen molar-refractivity contribution in [2.75, 3.05) is 5.88 Å². The molecule has 0 saturated heterocycles. The van der Waals surface area contributed by atoms with Crippen LogP contribution in [0.3, 0.4) is 0 Å². The molecule has 3 nitrogen and oxygen atoms in total. The van der Waals surface area contributed by atoms with Crippen molar-refractivity contribution in [1.82, 2.24) is 10.1 Å². The highest BCUT2D eigenvalue weighted by molar-refractivity contribution is 6.17. The van der Waals surface area contributed by atoms with E-state index in [1.54, 1.807) is 19.1 Å². The van der Waals surface area contributed by atoms with Crippen LogP contribution >= 0.6 is 11.6 Å². The van der Waals surface area contributed by atoms with Gasteiger partial charge in [0.15, 0.2) is 0 Å². The van der Waals surface area contributed by atoms with E-state index in [2.05, 4.69) is 10.1 Å². The molecule has 5 heteroatoms. The summed E-state index contributed by atoms with van der Waals surface area (Å²) in [7, 11) is 0. The topological polar surface area (TPSA) is 38.9 Å². The monoisotopic (exact) mass is 254 g/mol. The molecule has 0 spiro atoms. The van der Waals surface area contributed by atoms with Gasteiger partial charge in [0, 0.05) is 17.9 Å². The Balaban J connectivity index is 2.21. The van der Waals surface area contributed by atoms with E-state index >= 15 is 0 Å². The number of alkyl halides is 1. The molecule has 17 heavy (non-hydrogen) atoms. The third kappa shape index (κ3) is 2.82. The van der Waals surface area contributed by atoms with Crippen molar-refractivity contribution in [3.63, 3.8) is 0 Å². The lowest BCUT2D eigenvalue weighted by molar-refractivity contribution is 0.378. The van der Waals surface area contributed by atoms with Gasteiger partial charge in [0.05, 0.1) is 0 Å². The van der Waals surface area contributed by atoms with Crippen molar-refractivity contribution in [2.45, 2.75) is 19.8 Å². The summed E-state index contributed by atoms with van der Waals surface area (Å²) in [5.74, 6) is 1.22. The lowest BCUT2D eigenvalue weighted by Crippen LogP contribution is -1.88. The maximum absolute atomic E-state index is 13.4. The summed E-state index contributed by atoms with van der Waals surface area (Å²) in [6.07, 6.45) is 1.43. The summed E-state index contributed by atoms with van der Waals surface area (Å²) < 4.78 is 18.4. The Morgan fingerprint density at radius 3 is 2.94 bits per heavy atom. The van der Waals surface area contributed by atoms with Crippen LogP contribution in [0.25, 0.3) is 11.4 Å². The van der Waals surface area contributed by atoms with Gasteiger partial charge in [-0.3, -0.25) is 0 Å². The molecule has 0 bridgehead atoms. The Hall–Kier alpha value is -1.42. The Morgan fingerprint density at radius 1 is 1.41 bits per heavy atom. The third-order valence-electron chi connectivity index (χ3n) is 2.42. The summed E-state index contributed by atoms with van der Waals surface area (Å²) in [6.45, 7) is 1.71. The fraction of sp³-hybridized carbons (Fsp3) is 0.333. The molecule has 0 aliphatic carbocycles. The van der Waals surface area contributed by atoms with Crippen LogP contribution in [-0.2, 0) is 6.42 Å². The van der Waals surface area contributed by atoms with E-state index in [-0.39, 0.29) is 5.82 Å². The molecule has 2 rings (SSSR count). The number of aromatic nitrogens is 2. The molecule has 0 unspecified atom stereocenters. The third-order valence-corrected chi connectivity index (χ3v) is 2.69. The number of hydrogen-bond donors (Lipinski definition) is 0. The fourth-order valence-corrected chi connectivity index (χ4v) is 1.56. The maximum Gasteiger partial charge on any atom is 0.227 e. The molecule has 2 aromatic rings. The van der Waals surface area contributed by atoms with E-state index in [1.807, 2.05) is 0 Å². The van der Waals surface area contributed by atoms with Gasteiger partial charge in [-0.25, -0.2) is 4.39 Å². The van der Waals surface area contributed by atoms with Gasteiger partial charge < -0.3 is 4.52 Å². The quantitative estimate of drug-likeness (QED) is 0.786. The van der Waals surface area contributed by atoms with Gasteiger partial charge in [-0.15, -0.1) is 11.6 Å². The molecule has 90 valence electrons. The van der Waals surface area contributed by atoms with Crippen molar-refractivity contribution < 1.29 is 8.91 Å². The Morgan fingerprint density at radius 2 is 2.24 bits per heavy atom. The van der Waals surface area contributed by atoms with Crippen molar-refractivity contribution >= 4 is 11.6 Å². The van der Waals surface area contributed by atoms with Crippen molar-refractivity contribution in [1.29, 1.82) is 0 Å². The zero-order chi connectivity index (χ0) is 12.3. The van der Waals surface area contributed by atoms with Crippen LogP contribution in [0.4, 0.5) is 4.39 Å². The smallest absolute Gasteiger partial charge is 0.227 e. The average molecular weight is 255 g/mol. The first-order chi connectivity index (χ1) is 8.20. The zero-order valence-corrected chi connectivity index (χ0v) is 10.2. The molecule has 0 saturated carbocycles. The Kier molecular flexibility index (Phi) is 3.74. The molecule has 0 aliphatic heterocycles. The van der Waals surface area contributed by atoms with Crippen LogP contribution < -0.4 is 0 Å². The van der Waals surface area contributed by atoms with Crippen LogP contribution in [0.5, 0.6) is 0 Å². The van der Waals surface area contributed by atoms with Crippen molar-refractivity contribution in [2.24, 2.45) is 0 Å². The predicted octanol–water partition coefficient (Wildman–Crippen LogP) is 3.36. The minimum Gasteiger partial charge on any atom is -0.339 e. The van der Waals surface area contributed by atoms with Gasteiger partial charge in [-0.2, -0.15) is 4.98 Å². The molecule has 0 aliphatic rings. The largest absolute Gasteiger partial charge is 0.339 e. The lowest BCUT2D eigenvalue weighted by atomic mass is 10.1. The number of hydrogen-bond acceptors (Lipinski definition) is 3. The molecule has 0 radical (unpaired) electrons. The second-order valence-electron chi connectivity index (χ2n) is 3.77. The number of rotatable bonds is 4. The van der Waals surface area contributed by atoms with E-state index in [0.717, 1.165) is 6.42 Å². The van der Waals surface area contributed by atoms with Crippen LogP contribution in [0.15, 0.2) is 22.7 Å². The van der Waals surface area contributed by atoms with Gasteiger partial charge >= 0.3 is 0 Å². The average Bonchev–Trinajstić information content (AvgIpc) is 2.79. The van der Waals surface area contributed by atoms with E-state index in [4.69, 9.17) is 16.1 Å². The summed E-state index contributed by atoms with van der Waals surface area (Å²) in [5.41, 5.74) is 1.22. The summed E-state index contributed by atoms with van der Waals surface area (Å²) in [6, 6.07) is 4.87. The molecular formula is C12H12ClFN2O. The number of halogens is 2. The lowest BCUT2D eigenvalue weighted by Gasteiger charge is -1.97. The molecule has 0 N–H and O–H groups in total. The number of benzene rings is 1. The number of aryl methyl sites for hydroxylation is 2. The molecule has 0 fully saturated rings. The minimum absolute atomic E-state index is 0.269. The predicted molar refractivity (Wildman–Crippen MR) is 63.5 cm³/mol. The molecule has 0 amide bonds. The first kappa shape index (κ1) is 12.0. The highest BCUT2D eigenvalue weighted by Crippen LogP contribution is 2.19. The standard InChI is InChI=1S/C12H12ClFN2O/c1-8-4-5-9(7-10(8)14)12-15-11(17-16-12)3-2-6-13/h4-5,7H,2-3,6H2,1H3. The van der Waals surface area contributed by atoms with Gasteiger partial charge in [-0.05, 0) is 25.0 Å². The first-order valence-corrected chi connectivity index (χ1v) is 5.89. The van der Waals surface area contributed by atoms with E-state index < -0.39 is 0 Å². The minimum atomic E-state index is -0.269. The van der Waals surface area contributed by atoms with Crippen LogP contribution in [-0.4, -0.2) is 16.0 Å². The van der Waals surface area contributed by atoms with Crippen molar-refractivity contribution in [3.8, 4) is 11.4 Å². The fourth-order valence-electron chi connectivity index (χ4n) is 1.42. The van der Waals surface area contributed by atoms with E-state index in [1.165, 1.54) is 6.07 Å². The second-order valence-corrected chi connectivity index (χ2v) is 4.15. The van der Waals surface area contributed by atoms with Gasteiger partial charge in [0.25, 0.3) is 0 Å². The molecule has 1 aromatic carbocycles. The van der Waals surface area contributed by atoms with Crippen LogP contribution in [0.1, 0.15) is 17.9 Å². The molecule has 1 heterocycles. The highest BCUT2D eigenvalue weighted by Gasteiger charge is 2.09. The molecule has 1 aromatic heterocycles. The number of nitrogens with zero attached hydrogens (tertiary/aromatic N) is 2. The molecular weight excluding hydrogens is 243 g/mol. The molecule has 0 atom stereocenters. The van der Waals surface area contributed by atoms with Crippen LogP contribution in [0.2, 0.25) is 0 Å². The summed E-state index contributed by atoms with van der Waals surface area (Å²) in [4.78, 5) is 4.19. The van der Waals surface area contributed by atoms with E-state index in [0.29, 0.717) is 35.1 Å². The van der Waals surface area contributed by atoms with Crippen LogP contribution in [0, 0.1) is 12.7 Å². The first-order valence-electron chi connectivity index (χ1n) is 5.36. The summed E-state index contributed by atoms with van der Waals surface area (Å²) in [5, 5.41) is 3.81. The Labute approximate surface area is 104 Å².